The van der Waals surface area contributed by atoms with Gasteiger partial charge in [-0.2, -0.15) is 0 Å². The molecule has 0 spiro atoms. The highest BCUT2D eigenvalue weighted by molar-refractivity contribution is 5.87. The lowest BCUT2D eigenvalue weighted by Crippen LogP contribution is -1.99. The van der Waals surface area contributed by atoms with Crippen LogP contribution in [0.15, 0.2) is 116 Å². The molecule has 6 nitrogen and oxygen atoms in total. The molecule has 0 aliphatic heterocycles. The number of esters is 2. The number of halogens is 1. The first-order valence-electron chi connectivity index (χ1n) is 11.1. The molecule has 37 heavy (non-hydrogen) atoms. The van der Waals surface area contributed by atoms with E-state index in [4.69, 9.17) is 18.9 Å². The van der Waals surface area contributed by atoms with Crippen LogP contribution in [-0.4, -0.2) is 11.9 Å². The summed E-state index contributed by atoms with van der Waals surface area (Å²) in [6.45, 7) is 10.0. The average Bonchev–Trinajstić information content (AvgIpc) is 2.89. The second-order valence-electron chi connectivity index (χ2n) is 7.90. The SMILES string of the molecule is C=C(C)C(=O)O/C=C\Oc1ccc(-c2ccc(-c3ccc(O/C=C\OC(=O)C(=C)C)c(F)c3)cc2)cc1. The standard InChI is InChI=1S/C30H25FO6/c1-20(2)29(32)36-17-15-34-26-12-9-23(10-13-26)22-5-7-24(8-6-22)25-11-14-28(27(31)19-25)35-16-18-37-30(33)21(3)4/h5-19H,1,3H2,2,4H3/b17-15-,18-16-. The van der Waals surface area contributed by atoms with Gasteiger partial charge in [-0.25, -0.2) is 14.0 Å². The Morgan fingerprint density at radius 3 is 1.57 bits per heavy atom. The van der Waals surface area contributed by atoms with Crippen molar-refractivity contribution in [1.29, 1.82) is 0 Å². The van der Waals surface area contributed by atoms with E-state index in [9.17, 15) is 14.0 Å². The van der Waals surface area contributed by atoms with Gasteiger partial charge in [0.1, 0.15) is 30.8 Å². The fraction of sp³-hybridized carbons (Fsp3) is 0.0667. The van der Waals surface area contributed by atoms with Crippen molar-refractivity contribution in [3.8, 4) is 33.8 Å². The van der Waals surface area contributed by atoms with Crippen molar-refractivity contribution in [2.45, 2.75) is 13.8 Å². The first-order chi connectivity index (χ1) is 17.7. The normalized spacial score (nSPS) is 10.8. The molecule has 0 radical (unpaired) electrons. The second kappa shape index (κ2) is 12.7. The smallest absolute Gasteiger partial charge is 0.338 e. The van der Waals surface area contributed by atoms with Crippen LogP contribution in [0.25, 0.3) is 22.3 Å². The van der Waals surface area contributed by atoms with Crippen molar-refractivity contribution in [2.24, 2.45) is 0 Å². The predicted octanol–water partition coefficient (Wildman–Crippen LogP) is 7.10. The maximum absolute atomic E-state index is 14.5. The summed E-state index contributed by atoms with van der Waals surface area (Å²) in [5.74, 6) is -1.11. The summed E-state index contributed by atoms with van der Waals surface area (Å²) >= 11 is 0. The molecule has 0 aliphatic rings. The molecular weight excluding hydrogens is 475 g/mol. The summed E-state index contributed by atoms with van der Waals surface area (Å²) in [6, 6.07) is 19.6. The van der Waals surface area contributed by atoms with Gasteiger partial charge in [0, 0.05) is 11.1 Å². The second-order valence-corrected chi connectivity index (χ2v) is 7.90. The van der Waals surface area contributed by atoms with Crippen LogP contribution in [0.3, 0.4) is 0 Å². The highest BCUT2D eigenvalue weighted by Gasteiger charge is 2.07. The van der Waals surface area contributed by atoms with Crippen molar-refractivity contribution in [3.63, 3.8) is 0 Å². The number of hydrogen-bond acceptors (Lipinski definition) is 6. The van der Waals surface area contributed by atoms with Gasteiger partial charge in [-0.15, -0.1) is 0 Å². The Kier molecular flexibility index (Phi) is 9.16. The van der Waals surface area contributed by atoms with Gasteiger partial charge in [-0.3, -0.25) is 0 Å². The molecule has 0 saturated heterocycles. The van der Waals surface area contributed by atoms with Gasteiger partial charge in [-0.05, 0) is 60.4 Å². The first-order valence-corrected chi connectivity index (χ1v) is 11.1. The highest BCUT2D eigenvalue weighted by Crippen LogP contribution is 2.29. The van der Waals surface area contributed by atoms with Crippen LogP contribution in [0.1, 0.15) is 13.8 Å². The number of carbonyl (C=O) groups is 2. The molecule has 7 heteroatoms. The Morgan fingerprint density at radius 1 is 0.649 bits per heavy atom. The molecule has 0 saturated carbocycles. The van der Waals surface area contributed by atoms with Gasteiger partial charge >= 0.3 is 11.9 Å². The maximum Gasteiger partial charge on any atom is 0.338 e. The van der Waals surface area contributed by atoms with E-state index in [-0.39, 0.29) is 11.3 Å². The zero-order chi connectivity index (χ0) is 26.8. The summed E-state index contributed by atoms with van der Waals surface area (Å²) in [5, 5.41) is 0. The maximum atomic E-state index is 14.5. The van der Waals surface area contributed by atoms with E-state index in [1.54, 1.807) is 25.1 Å². The lowest BCUT2D eigenvalue weighted by atomic mass is 10.00. The molecule has 3 aromatic rings. The molecule has 0 amide bonds. The molecule has 0 aliphatic carbocycles. The molecule has 0 unspecified atom stereocenters. The third-order valence-electron chi connectivity index (χ3n) is 4.90. The quantitative estimate of drug-likeness (QED) is 0.168. The number of ether oxygens (including phenoxy) is 4. The number of benzene rings is 3. The van der Waals surface area contributed by atoms with E-state index in [0.29, 0.717) is 16.9 Å². The van der Waals surface area contributed by atoms with Gasteiger partial charge in [0.15, 0.2) is 11.6 Å². The Morgan fingerprint density at radius 2 is 1.08 bits per heavy atom. The van der Waals surface area contributed by atoms with E-state index in [1.807, 2.05) is 36.4 Å². The van der Waals surface area contributed by atoms with Gasteiger partial charge in [0.25, 0.3) is 0 Å². The summed E-state index contributed by atoms with van der Waals surface area (Å²) in [4.78, 5) is 22.6. The van der Waals surface area contributed by atoms with Crippen LogP contribution < -0.4 is 9.47 Å². The molecule has 0 aromatic heterocycles. The molecule has 188 valence electrons. The first kappa shape index (κ1) is 26.7. The Labute approximate surface area is 214 Å². The number of hydrogen-bond donors (Lipinski definition) is 0. The van der Waals surface area contributed by atoms with E-state index in [1.165, 1.54) is 25.3 Å². The van der Waals surface area contributed by atoms with Gasteiger partial charge in [-0.1, -0.05) is 55.6 Å². The Hall–Kier alpha value is -4.91. The summed E-state index contributed by atoms with van der Waals surface area (Å²) in [6.07, 6.45) is 4.54. The fourth-order valence-corrected chi connectivity index (χ4v) is 2.94. The van der Waals surface area contributed by atoms with E-state index < -0.39 is 17.8 Å². The van der Waals surface area contributed by atoms with Crippen molar-refractivity contribution < 1.29 is 32.9 Å². The Balaban J connectivity index is 1.59. The van der Waals surface area contributed by atoms with Gasteiger partial charge in [0.05, 0.1) is 0 Å². The van der Waals surface area contributed by atoms with Crippen LogP contribution in [0.5, 0.6) is 11.5 Å². The topological polar surface area (TPSA) is 71.1 Å². The number of carbonyl (C=O) groups excluding carboxylic acids is 2. The third kappa shape index (κ3) is 7.80. The summed E-state index contributed by atoms with van der Waals surface area (Å²) < 4.78 is 34.7. The molecule has 3 rings (SSSR count). The van der Waals surface area contributed by atoms with Crippen molar-refractivity contribution in [2.75, 3.05) is 0 Å². The minimum Gasteiger partial charge on any atom is -0.462 e. The van der Waals surface area contributed by atoms with Crippen LogP contribution in [-0.2, 0) is 19.1 Å². The van der Waals surface area contributed by atoms with Crippen LogP contribution >= 0.6 is 0 Å². The molecular formula is C30H25FO6. The van der Waals surface area contributed by atoms with E-state index >= 15 is 0 Å². The third-order valence-corrected chi connectivity index (χ3v) is 4.90. The molecule has 0 N–H and O–H groups in total. The molecule has 0 atom stereocenters. The monoisotopic (exact) mass is 500 g/mol. The van der Waals surface area contributed by atoms with Crippen molar-refractivity contribution in [1.82, 2.24) is 0 Å². The van der Waals surface area contributed by atoms with E-state index in [2.05, 4.69) is 13.2 Å². The van der Waals surface area contributed by atoms with Crippen LogP contribution in [0.4, 0.5) is 4.39 Å². The zero-order valence-electron chi connectivity index (χ0n) is 20.4. The van der Waals surface area contributed by atoms with Crippen LogP contribution in [0.2, 0.25) is 0 Å². The molecule has 0 fully saturated rings. The van der Waals surface area contributed by atoms with Gasteiger partial charge < -0.3 is 18.9 Å². The predicted molar refractivity (Wildman–Crippen MR) is 139 cm³/mol. The van der Waals surface area contributed by atoms with Crippen LogP contribution in [0, 0.1) is 5.82 Å². The van der Waals surface area contributed by atoms with Crippen molar-refractivity contribution in [3.05, 3.63) is 122 Å². The average molecular weight is 501 g/mol. The number of rotatable bonds is 10. The fourth-order valence-electron chi connectivity index (χ4n) is 2.94. The zero-order valence-corrected chi connectivity index (χ0v) is 20.4. The lowest BCUT2D eigenvalue weighted by Gasteiger charge is -2.08. The molecule has 0 bridgehead atoms. The minimum absolute atomic E-state index is 0.00544. The largest absolute Gasteiger partial charge is 0.462 e. The molecule has 0 heterocycles. The van der Waals surface area contributed by atoms with Gasteiger partial charge in [0.2, 0.25) is 0 Å². The van der Waals surface area contributed by atoms with Crippen molar-refractivity contribution >= 4 is 11.9 Å². The highest BCUT2D eigenvalue weighted by atomic mass is 19.1. The minimum atomic E-state index is -0.598. The van der Waals surface area contributed by atoms with E-state index in [0.717, 1.165) is 35.5 Å². The summed E-state index contributed by atoms with van der Waals surface area (Å²) in [7, 11) is 0. The molecule has 3 aromatic carbocycles. The summed E-state index contributed by atoms with van der Waals surface area (Å²) in [5.41, 5.74) is 3.98. The lowest BCUT2D eigenvalue weighted by molar-refractivity contribution is -0.134. The Bertz CT molecular complexity index is 1350.